The van der Waals surface area contributed by atoms with E-state index in [4.69, 9.17) is 5.11 Å². The minimum absolute atomic E-state index is 0.00173. The molecule has 1 aromatic rings. The summed E-state index contributed by atoms with van der Waals surface area (Å²) >= 11 is 0. The maximum absolute atomic E-state index is 13.7. The van der Waals surface area contributed by atoms with E-state index >= 15 is 0 Å². The van der Waals surface area contributed by atoms with Gasteiger partial charge < -0.3 is 15.7 Å². The zero-order chi connectivity index (χ0) is 15.4. The Morgan fingerprint density at radius 1 is 1.33 bits per heavy atom. The first-order chi connectivity index (χ1) is 9.97. The Bertz CT molecular complexity index is 563. The van der Waals surface area contributed by atoms with E-state index in [1.54, 1.807) is 0 Å². The van der Waals surface area contributed by atoms with E-state index in [0.29, 0.717) is 30.4 Å². The molecule has 1 aromatic carbocycles. The Hall–Kier alpha value is -2.18. The molecule has 0 heterocycles. The standard InChI is InChI=1S/C14H16F2N2O3/c15-8-6-10-9(11(16)7-8)2-1-3-12(10)18-14(21)17-5-4-13(19)20/h6-7,12H,1-5H2,(H,19,20)(H2,17,18,21)/t12-/m1/s1. The number of hydrogen-bond acceptors (Lipinski definition) is 2. The van der Waals surface area contributed by atoms with Crippen molar-refractivity contribution in [3.8, 4) is 0 Å². The van der Waals surface area contributed by atoms with Gasteiger partial charge in [0.1, 0.15) is 11.6 Å². The molecule has 114 valence electrons. The molecule has 1 atom stereocenters. The van der Waals surface area contributed by atoms with Crippen LogP contribution in [0.1, 0.15) is 36.4 Å². The fourth-order valence-electron chi connectivity index (χ4n) is 2.48. The van der Waals surface area contributed by atoms with Crippen molar-refractivity contribution in [2.75, 3.05) is 6.54 Å². The number of rotatable bonds is 4. The van der Waals surface area contributed by atoms with Crippen molar-refractivity contribution in [3.05, 3.63) is 34.9 Å². The second-order valence-electron chi connectivity index (χ2n) is 4.94. The number of fused-ring (bicyclic) bond motifs is 1. The minimum atomic E-state index is -1.01. The molecule has 0 bridgehead atoms. The Kier molecular flexibility index (Phi) is 4.72. The molecule has 2 rings (SSSR count). The van der Waals surface area contributed by atoms with Gasteiger partial charge in [0.15, 0.2) is 0 Å². The summed E-state index contributed by atoms with van der Waals surface area (Å²) in [6, 6.07) is 1.07. The van der Waals surface area contributed by atoms with Gasteiger partial charge in [0.25, 0.3) is 0 Å². The van der Waals surface area contributed by atoms with Crippen LogP contribution in [0.3, 0.4) is 0 Å². The molecule has 3 N–H and O–H groups in total. The van der Waals surface area contributed by atoms with Gasteiger partial charge >= 0.3 is 12.0 Å². The Balaban J connectivity index is 2.03. The topological polar surface area (TPSA) is 78.4 Å². The SMILES string of the molecule is O=C(O)CCNC(=O)N[C@@H]1CCCc2c(F)cc(F)cc21. The van der Waals surface area contributed by atoms with Gasteiger partial charge in [-0.05, 0) is 36.5 Å². The van der Waals surface area contributed by atoms with Crippen molar-refractivity contribution in [2.45, 2.75) is 31.7 Å². The van der Waals surface area contributed by atoms with Gasteiger partial charge in [0.2, 0.25) is 0 Å². The van der Waals surface area contributed by atoms with Gasteiger partial charge in [-0.25, -0.2) is 13.6 Å². The summed E-state index contributed by atoms with van der Waals surface area (Å²) in [7, 11) is 0. The van der Waals surface area contributed by atoms with Crippen LogP contribution in [0.25, 0.3) is 0 Å². The van der Waals surface area contributed by atoms with Crippen molar-refractivity contribution in [1.82, 2.24) is 10.6 Å². The van der Waals surface area contributed by atoms with Crippen LogP contribution in [-0.4, -0.2) is 23.7 Å². The number of amides is 2. The highest BCUT2D eigenvalue weighted by molar-refractivity contribution is 5.75. The van der Waals surface area contributed by atoms with Gasteiger partial charge in [-0.15, -0.1) is 0 Å². The van der Waals surface area contributed by atoms with Crippen LogP contribution >= 0.6 is 0 Å². The Labute approximate surface area is 120 Å². The van der Waals surface area contributed by atoms with Crippen LogP contribution in [-0.2, 0) is 11.2 Å². The summed E-state index contributed by atoms with van der Waals surface area (Å²) in [5, 5.41) is 13.5. The lowest BCUT2D eigenvalue weighted by Gasteiger charge is -2.26. The molecule has 0 spiro atoms. The second-order valence-corrected chi connectivity index (χ2v) is 4.94. The summed E-state index contributed by atoms with van der Waals surface area (Å²) in [4.78, 5) is 22.0. The number of carbonyl (C=O) groups excluding carboxylic acids is 1. The lowest BCUT2D eigenvalue weighted by Crippen LogP contribution is -2.40. The highest BCUT2D eigenvalue weighted by Gasteiger charge is 2.25. The van der Waals surface area contributed by atoms with E-state index in [0.717, 1.165) is 6.07 Å². The summed E-state index contributed by atoms with van der Waals surface area (Å²) in [6.07, 6.45) is 1.61. The van der Waals surface area contributed by atoms with Crippen LogP contribution in [0.4, 0.5) is 13.6 Å². The highest BCUT2D eigenvalue weighted by atomic mass is 19.1. The first-order valence-electron chi connectivity index (χ1n) is 6.71. The van der Waals surface area contributed by atoms with Crippen molar-refractivity contribution in [2.24, 2.45) is 0 Å². The molecule has 2 amide bonds. The van der Waals surface area contributed by atoms with E-state index in [-0.39, 0.29) is 13.0 Å². The smallest absolute Gasteiger partial charge is 0.315 e. The highest BCUT2D eigenvalue weighted by Crippen LogP contribution is 2.32. The number of hydrogen-bond donors (Lipinski definition) is 3. The number of aliphatic carboxylic acids is 1. The van der Waals surface area contributed by atoms with Gasteiger partial charge in [-0.3, -0.25) is 4.79 Å². The normalized spacial score (nSPS) is 17.0. The summed E-state index contributed by atoms with van der Waals surface area (Å²) < 4.78 is 27.0. The lowest BCUT2D eigenvalue weighted by atomic mass is 9.87. The van der Waals surface area contributed by atoms with Crippen LogP contribution in [0.15, 0.2) is 12.1 Å². The molecular formula is C14H16F2N2O3. The number of halogens is 2. The van der Waals surface area contributed by atoms with Crippen LogP contribution in [0, 0.1) is 11.6 Å². The average molecular weight is 298 g/mol. The molecular weight excluding hydrogens is 282 g/mol. The summed E-state index contributed by atoms with van der Waals surface area (Å²) in [5.41, 5.74) is 0.880. The first-order valence-corrected chi connectivity index (χ1v) is 6.71. The molecule has 0 radical (unpaired) electrons. The third kappa shape index (κ3) is 3.90. The molecule has 0 saturated heterocycles. The Morgan fingerprint density at radius 3 is 2.81 bits per heavy atom. The Morgan fingerprint density at radius 2 is 2.10 bits per heavy atom. The molecule has 0 unspecified atom stereocenters. The summed E-state index contributed by atoms with van der Waals surface area (Å²) in [6.45, 7) is -0.00173. The molecule has 0 fully saturated rings. The molecule has 21 heavy (non-hydrogen) atoms. The van der Waals surface area contributed by atoms with Crippen molar-refractivity contribution in [1.29, 1.82) is 0 Å². The van der Waals surface area contributed by atoms with E-state index in [1.807, 2.05) is 0 Å². The van der Waals surface area contributed by atoms with E-state index < -0.39 is 29.7 Å². The van der Waals surface area contributed by atoms with Crippen molar-refractivity contribution >= 4 is 12.0 Å². The van der Waals surface area contributed by atoms with E-state index in [1.165, 1.54) is 6.07 Å². The number of urea groups is 1. The molecule has 0 saturated carbocycles. The second kappa shape index (κ2) is 6.51. The predicted molar refractivity (Wildman–Crippen MR) is 70.8 cm³/mol. The van der Waals surface area contributed by atoms with Gasteiger partial charge in [-0.1, -0.05) is 0 Å². The fourth-order valence-corrected chi connectivity index (χ4v) is 2.48. The number of benzene rings is 1. The largest absolute Gasteiger partial charge is 0.481 e. The van der Waals surface area contributed by atoms with Gasteiger partial charge in [0, 0.05) is 12.6 Å². The zero-order valence-corrected chi connectivity index (χ0v) is 11.3. The number of carboxylic acids is 1. The third-order valence-corrected chi connectivity index (χ3v) is 3.42. The predicted octanol–water partition coefficient (Wildman–Crippen LogP) is 2.12. The average Bonchev–Trinajstić information content (AvgIpc) is 2.39. The van der Waals surface area contributed by atoms with Crippen molar-refractivity contribution in [3.63, 3.8) is 0 Å². The molecule has 0 aliphatic heterocycles. The summed E-state index contributed by atoms with van der Waals surface area (Å²) in [5.74, 6) is -2.28. The first kappa shape index (κ1) is 15.2. The molecule has 1 aliphatic rings. The number of nitrogens with one attached hydrogen (secondary N) is 2. The van der Waals surface area contributed by atoms with Crippen LogP contribution < -0.4 is 10.6 Å². The van der Waals surface area contributed by atoms with E-state index in [2.05, 4.69) is 10.6 Å². The molecule has 0 aromatic heterocycles. The molecule has 7 heteroatoms. The van der Waals surface area contributed by atoms with Gasteiger partial charge in [0.05, 0.1) is 12.5 Å². The lowest BCUT2D eigenvalue weighted by molar-refractivity contribution is -0.136. The molecule has 1 aliphatic carbocycles. The quantitative estimate of drug-likeness (QED) is 0.796. The van der Waals surface area contributed by atoms with Crippen molar-refractivity contribution < 1.29 is 23.5 Å². The molecule has 5 nitrogen and oxygen atoms in total. The zero-order valence-electron chi connectivity index (χ0n) is 11.3. The monoisotopic (exact) mass is 298 g/mol. The maximum atomic E-state index is 13.7. The van der Waals surface area contributed by atoms with E-state index in [9.17, 15) is 18.4 Å². The van der Waals surface area contributed by atoms with Gasteiger partial charge in [-0.2, -0.15) is 0 Å². The minimum Gasteiger partial charge on any atom is -0.481 e. The van der Waals surface area contributed by atoms with Crippen LogP contribution in [0.5, 0.6) is 0 Å². The number of carboxylic acid groups (broad SMARTS) is 1. The van der Waals surface area contributed by atoms with Crippen LogP contribution in [0.2, 0.25) is 0 Å². The number of carbonyl (C=O) groups is 2. The maximum Gasteiger partial charge on any atom is 0.315 e. The third-order valence-electron chi connectivity index (χ3n) is 3.42. The fraction of sp³-hybridized carbons (Fsp3) is 0.429.